The average molecular weight is 239 g/mol. The minimum atomic E-state index is -0.724. The Balaban J connectivity index is 2.16. The lowest BCUT2D eigenvalue weighted by molar-refractivity contribution is 0.676. The summed E-state index contributed by atoms with van der Waals surface area (Å²) in [5.41, 5.74) is 0. The first-order valence-electron chi connectivity index (χ1n) is 3.79. The summed E-state index contributed by atoms with van der Waals surface area (Å²) in [6.45, 7) is 1.45. The van der Waals surface area contributed by atoms with Crippen molar-refractivity contribution in [2.45, 2.75) is 6.54 Å². The number of aromatic nitrogens is 1. The normalized spacial score (nSPS) is 13.1. The molecule has 1 aromatic rings. The van der Waals surface area contributed by atoms with E-state index in [4.69, 9.17) is 11.6 Å². The van der Waals surface area contributed by atoms with Crippen molar-refractivity contribution in [2.75, 3.05) is 18.6 Å². The Kier molecular flexibility index (Phi) is 4.87. The topological polar surface area (TPSA) is 42.0 Å². The smallest absolute Gasteiger partial charge is 0.113 e. The first-order chi connectivity index (χ1) is 6.18. The molecule has 1 rings (SSSR count). The van der Waals surface area contributed by atoms with E-state index in [1.54, 1.807) is 12.5 Å². The summed E-state index contributed by atoms with van der Waals surface area (Å²) in [5.74, 6) is 0.680. The van der Waals surface area contributed by atoms with Crippen LogP contribution in [0.2, 0.25) is 4.34 Å². The van der Waals surface area contributed by atoms with Crippen LogP contribution in [0, 0.1) is 0 Å². The molecule has 1 atom stereocenters. The van der Waals surface area contributed by atoms with Gasteiger partial charge in [0.15, 0.2) is 0 Å². The van der Waals surface area contributed by atoms with E-state index in [1.807, 2.05) is 0 Å². The molecule has 0 aliphatic rings. The molecule has 1 aromatic heterocycles. The second kappa shape index (κ2) is 5.70. The van der Waals surface area contributed by atoms with Crippen molar-refractivity contribution in [1.82, 2.24) is 10.3 Å². The lowest BCUT2D eigenvalue weighted by Crippen LogP contribution is -2.19. The number of thiazole rings is 1. The van der Waals surface area contributed by atoms with Gasteiger partial charge in [-0.25, -0.2) is 4.98 Å². The molecule has 1 heterocycles. The van der Waals surface area contributed by atoms with Gasteiger partial charge in [-0.2, -0.15) is 0 Å². The summed E-state index contributed by atoms with van der Waals surface area (Å²) >= 11 is 7.17. The Morgan fingerprint density at radius 1 is 1.77 bits per heavy atom. The summed E-state index contributed by atoms with van der Waals surface area (Å²) < 4.78 is 11.4. The molecular weight excluding hydrogens is 228 g/mol. The van der Waals surface area contributed by atoms with Crippen LogP contribution in [0.25, 0.3) is 0 Å². The summed E-state index contributed by atoms with van der Waals surface area (Å²) in [6, 6.07) is 0. The van der Waals surface area contributed by atoms with Crippen LogP contribution in [0.15, 0.2) is 6.20 Å². The first kappa shape index (κ1) is 11.1. The second-order valence-corrected chi connectivity index (χ2v) is 5.81. The fourth-order valence-electron chi connectivity index (χ4n) is 0.781. The molecule has 1 unspecified atom stereocenters. The van der Waals surface area contributed by atoms with Gasteiger partial charge in [0.1, 0.15) is 9.34 Å². The summed E-state index contributed by atoms with van der Waals surface area (Å²) in [6.07, 6.45) is 3.34. The maximum atomic E-state index is 10.7. The molecule has 0 radical (unpaired) electrons. The standard InChI is InChI=1S/C7H11ClN2OS2/c1-13(11)3-2-9-5-7-10-4-6(8)12-7/h4,9H,2-3,5H2,1H3. The van der Waals surface area contributed by atoms with Gasteiger partial charge in [-0.05, 0) is 0 Å². The van der Waals surface area contributed by atoms with Gasteiger partial charge in [-0.3, -0.25) is 4.21 Å². The molecule has 0 amide bonds. The van der Waals surface area contributed by atoms with E-state index in [9.17, 15) is 4.21 Å². The third-order valence-electron chi connectivity index (χ3n) is 1.37. The maximum absolute atomic E-state index is 10.7. The van der Waals surface area contributed by atoms with Crippen LogP contribution in [0.4, 0.5) is 0 Å². The molecule has 0 bridgehead atoms. The molecule has 74 valence electrons. The number of hydrogen-bond donors (Lipinski definition) is 1. The minimum Gasteiger partial charge on any atom is -0.310 e. The molecular formula is C7H11ClN2OS2. The fraction of sp³-hybridized carbons (Fsp3) is 0.571. The van der Waals surface area contributed by atoms with Crippen LogP contribution in [0.5, 0.6) is 0 Å². The molecule has 13 heavy (non-hydrogen) atoms. The summed E-state index contributed by atoms with van der Waals surface area (Å²) in [5, 5.41) is 4.11. The van der Waals surface area contributed by atoms with Crippen LogP contribution in [0.3, 0.4) is 0 Å². The van der Waals surface area contributed by atoms with Crippen molar-refractivity contribution in [3.63, 3.8) is 0 Å². The molecule has 6 heteroatoms. The van der Waals surface area contributed by atoms with Crippen LogP contribution in [-0.2, 0) is 17.3 Å². The number of rotatable bonds is 5. The van der Waals surface area contributed by atoms with Crippen molar-refractivity contribution < 1.29 is 4.21 Å². The highest BCUT2D eigenvalue weighted by molar-refractivity contribution is 7.84. The summed E-state index contributed by atoms with van der Waals surface area (Å²) in [4.78, 5) is 4.08. The van der Waals surface area contributed by atoms with Gasteiger partial charge in [0, 0.05) is 35.9 Å². The zero-order chi connectivity index (χ0) is 9.68. The van der Waals surface area contributed by atoms with Gasteiger partial charge >= 0.3 is 0 Å². The van der Waals surface area contributed by atoms with Gasteiger partial charge in [0.05, 0.1) is 6.20 Å². The number of hydrogen-bond acceptors (Lipinski definition) is 4. The Morgan fingerprint density at radius 2 is 2.54 bits per heavy atom. The molecule has 0 aliphatic carbocycles. The van der Waals surface area contributed by atoms with Crippen LogP contribution in [-0.4, -0.2) is 27.7 Å². The predicted molar refractivity (Wildman–Crippen MR) is 57.8 cm³/mol. The number of nitrogens with zero attached hydrogens (tertiary/aromatic N) is 1. The highest BCUT2D eigenvalue weighted by Crippen LogP contribution is 2.17. The molecule has 1 N–H and O–H groups in total. The molecule has 0 spiro atoms. The van der Waals surface area contributed by atoms with E-state index in [1.165, 1.54) is 11.3 Å². The number of halogens is 1. The van der Waals surface area contributed by atoms with E-state index < -0.39 is 10.8 Å². The van der Waals surface area contributed by atoms with Gasteiger partial charge < -0.3 is 5.32 Å². The van der Waals surface area contributed by atoms with E-state index in [0.29, 0.717) is 16.6 Å². The first-order valence-corrected chi connectivity index (χ1v) is 6.71. The molecule has 0 aromatic carbocycles. The molecule has 0 fully saturated rings. The van der Waals surface area contributed by atoms with E-state index in [0.717, 1.165) is 11.6 Å². The third-order valence-corrected chi connectivity index (χ3v) is 3.26. The van der Waals surface area contributed by atoms with Crippen LogP contribution in [0.1, 0.15) is 5.01 Å². The number of nitrogens with one attached hydrogen (secondary N) is 1. The predicted octanol–water partition coefficient (Wildman–Crippen LogP) is 1.26. The Bertz CT molecular complexity index is 290. The Labute approximate surface area is 89.0 Å². The monoisotopic (exact) mass is 238 g/mol. The highest BCUT2D eigenvalue weighted by Gasteiger charge is 1.98. The lowest BCUT2D eigenvalue weighted by Gasteiger charge is -1.99. The molecule has 0 aliphatic heterocycles. The molecule has 0 saturated heterocycles. The van der Waals surface area contributed by atoms with Crippen molar-refractivity contribution in [3.05, 3.63) is 15.5 Å². The highest BCUT2D eigenvalue weighted by atomic mass is 35.5. The molecule has 0 saturated carbocycles. The quantitative estimate of drug-likeness (QED) is 0.786. The second-order valence-electron chi connectivity index (χ2n) is 2.51. The SMILES string of the molecule is CS(=O)CCNCc1ncc(Cl)s1. The third kappa shape index (κ3) is 4.71. The van der Waals surface area contributed by atoms with Gasteiger partial charge in [-0.1, -0.05) is 11.6 Å². The van der Waals surface area contributed by atoms with E-state index in [-0.39, 0.29) is 0 Å². The average Bonchev–Trinajstić information content (AvgIpc) is 2.45. The zero-order valence-corrected chi connectivity index (χ0v) is 9.64. The minimum absolute atomic E-state index is 0.680. The van der Waals surface area contributed by atoms with Crippen molar-refractivity contribution in [2.24, 2.45) is 0 Å². The van der Waals surface area contributed by atoms with E-state index >= 15 is 0 Å². The van der Waals surface area contributed by atoms with Crippen molar-refractivity contribution in [1.29, 1.82) is 0 Å². The van der Waals surface area contributed by atoms with Crippen LogP contribution >= 0.6 is 22.9 Å². The fourth-order valence-corrected chi connectivity index (χ4v) is 2.14. The van der Waals surface area contributed by atoms with Crippen LogP contribution < -0.4 is 5.32 Å². The van der Waals surface area contributed by atoms with Crippen molar-refractivity contribution >= 4 is 33.7 Å². The maximum Gasteiger partial charge on any atom is 0.113 e. The largest absolute Gasteiger partial charge is 0.310 e. The van der Waals surface area contributed by atoms with Gasteiger partial charge in [0.25, 0.3) is 0 Å². The van der Waals surface area contributed by atoms with Gasteiger partial charge in [0.2, 0.25) is 0 Å². The zero-order valence-electron chi connectivity index (χ0n) is 7.25. The van der Waals surface area contributed by atoms with E-state index in [2.05, 4.69) is 10.3 Å². The lowest BCUT2D eigenvalue weighted by atomic mass is 10.6. The summed E-state index contributed by atoms with van der Waals surface area (Å²) in [7, 11) is -0.724. The van der Waals surface area contributed by atoms with Gasteiger partial charge in [-0.15, -0.1) is 11.3 Å². The molecule has 3 nitrogen and oxygen atoms in total. The Hall–Kier alpha value is 0.0300. The Morgan fingerprint density at radius 3 is 3.08 bits per heavy atom. The van der Waals surface area contributed by atoms with Crippen molar-refractivity contribution in [3.8, 4) is 0 Å².